The Morgan fingerprint density at radius 3 is 2.62 bits per heavy atom. The summed E-state index contributed by atoms with van der Waals surface area (Å²) in [6, 6.07) is 10.6. The van der Waals surface area contributed by atoms with Crippen molar-refractivity contribution in [3.8, 4) is 5.75 Å². The van der Waals surface area contributed by atoms with Crippen LogP contribution in [0.25, 0.3) is 0 Å². The number of hydrogen-bond donors (Lipinski definition) is 2. The summed E-state index contributed by atoms with van der Waals surface area (Å²) < 4.78 is 5.20. The molecule has 0 saturated heterocycles. The van der Waals surface area contributed by atoms with Crippen molar-refractivity contribution in [2.24, 2.45) is 16.1 Å². The third kappa shape index (κ3) is 3.30. The monoisotopic (exact) mass is 395 g/mol. The molecular formula is C21H25N5O3. The van der Waals surface area contributed by atoms with Crippen LogP contribution in [0.2, 0.25) is 0 Å². The van der Waals surface area contributed by atoms with Crippen molar-refractivity contribution in [2.45, 2.75) is 26.3 Å². The highest BCUT2D eigenvalue weighted by Crippen LogP contribution is 2.46. The number of nitrogens with one attached hydrogen (secondary N) is 1. The molecule has 2 amide bonds. The van der Waals surface area contributed by atoms with Crippen LogP contribution in [0.3, 0.4) is 0 Å². The fraction of sp³-hybridized carbons (Fsp3) is 0.333. The number of benzene rings is 1. The number of nitrogens with two attached hydrogens (primary N) is 1. The fourth-order valence-electron chi connectivity index (χ4n) is 3.42. The molecule has 1 aliphatic rings. The number of aliphatic imine (C=N–C) groups is 1. The van der Waals surface area contributed by atoms with Crippen LogP contribution in [0.15, 0.2) is 47.6 Å². The van der Waals surface area contributed by atoms with Gasteiger partial charge in [-0.25, -0.2) is 9.98 Å². The first kappa shape index (κ1) is 20.3. The van der Waals surface area contributed by atoms with Crippen LogP contribution < -0.4 is 15.8 Å². The van der Waals surface area contributed by atoms with Gasteiger partial charge in [0.05, 0.1) is 12.5 Å². The van der Waals surface area contributed by atoms with Crippen molar-refractivity contribution in [1.82, 2.24) is 9.88 Å². The van der Waals surface area contributed by atoms with Crippen LogP contribution in [0.1, 0.15) is 36.8 Å². The summed E-state index contributed by atoms with van der Waals surface area (Å²) in [6.45, 7) is 5.55. The van der Waals surface area contributed by atoms with E-state index in [2.05, 4.69) is 15.3 Å². The minimum atomic E-state index is -0.899. The molecule has 0 fully saturated rings. The van der Waals surface area contributed by atoms with Gasteiger partial charge in [0.25, 0.3) is 5.91 Å². The predicted octanol–water partition coefficient (Wildman–Crippen LogP) is 2.37. The third-order valence-electron chi connectivity index (χ3n) is 5.63. The number of nitrogens with zero attached hydrogens (tertiary/aromatic N) is 3. The quantitative estimate of drug-likeness (QED) is 0.826. The summed E-state index contributed by atoms with van der Waals surface area (Å²) >= 11 is 0. The molecule has 8 heteroatoms. The van der Waals surface area contributed by atoms with E-state index in [1.165, 1.54) is 18.2 Å². The molecule has 0 aliphatic carbocycles. The lowest BCUT2D eigenvalue weighted by atomic mass is 9.68. The second-order valence-electron chi connectivity index (χ2n) is 7.62. The molecule has 1 aromatic heterocycles. The molecular weight excluding hydrogens is 370 g/mol. The molecule has 8 nitrogen and oxygen atoms in total. The Morgan fingerprint density at radius 2 is 1.93 bits per heavy atom. The lowest BCUT2D eigenvalue weighted by Gasteiger charge is -2.46. The SMILES string of the molecule is COc1cccnc1C(=O)Nc1cccc(C2(C)N=C(N)N(C)C(=O)C2(C)C)c1. The number of hydrogen-bond acceptors (Lipinski definition) is 6. The molecule has 3 rings (SSSR count). The van der Waals surface area contributed by atoms with E-state index in [4.69, 9.17) is 10.5 Å². The lowest BCUT2D eigenvalue weighted by Crippen LogP contribution is -2.58. The molecule has 1 unspecified atom stereocenters. The van der Waals surface area contributed by atoms with Gasteiger partial charge in [-0.2, -0.15) is 0 Å². The lowest BCUT2D eigenvalue weighted by molar-refractivity contribution is -0.140. The van der Waals surface area contributed by atoms with E-state index >= 15 is 0 Å². The molecule has 3 N–H and O–H groups in total. The molecule has 152 valence electrons. The van der Waals surface area contributed by atoms with Gasteiger partial charge in [-0.1, -0.05) is 12.1 Å². The van der Waals surface area contributed by atoms with Crippen LogP contribution in [-0.4, -0.2) is 41.8 Å². The molecule has 2 aromatic rings. The van der Waals surface area contributed by atoms with Gasteiger partial charge in [0.1, 0.15) is 11.3 Å². The summed E-state index contributed by atoms with van der Waals surface area (Å²) in [5.74, 6) is 0.0173. The van der Waals surface area contributed by atoms with E-state index in [9.17, 15) is 9.59 Å². The van der Waals surface area contributed by atoms with Gasteiger partial charge in [-0.15, -0.1) is 0 Å². The topological polar surface area (TPSA) is 110 Å². The van der Waals surface area contributed by atoms with Crippen LogP contribution in [0, 0.1) is 5.41 Å². The standard InChI is InChI=1S/C21H25N5O3/c1-20(2)18(28)26(4)19(22)25-21(20,3)13-8-6-9-14(12-13)24-17(27)16-15(29-5)10-7-11-23-16/h6-12H,1-5H3,(H2,22,25)(H,24,27). The van der Waals surface area contributed by atoms with Crippen molar-refractivity contribution >= 4 is 23.5 Å². The highest BCUT2D eigenvalue weighted by molar-refractivity contribution is 6.05. The second kappa shape index (κ2) is 7.20. The number of guanidine groups is 1. The number of rotatable bonds is 4. The molecule has 0 radical (unpaired) electrons. The van der Waals surface area contributed by atoms with Crippen molar-refractivity contribution in [3.63, 3.8) is 0 Å². The molecule has 1 aromatic carbocycles. The Morgan fingerprint density at radius 1 is 1.21 bits per heavy atom. The predicted molar refractivity (Wildman–Crippen MR) is 111 cm³/mol. The van der Waals surface area contributed by atoms with Crippen molar-refractivity contribution < 1.29 is 14.3 Å². The van der Waals surface area contributed by atoms with E-state index in [0.29, 0.717) is 11.4 Å². The number of methoxy groups -OCH3 is 1. The molecule has 0 spiro atoms. The van der Waals surface area contributed by atoms with Crippen LogP contribution >= 0.6 is 0 Å². The van der Waals surface area contributed by atoms with Gasteiger partial charge in [-0.05, 0) is 50.6 Å². The second-order valence-corrected chi connectivity index (χ2v) is 7.62. The fourth-order valence-corrected chi connectivity index (χ4v) is 3.42. The van der Waals surface area contributed by atoms with Gasteiger partial charge in [-0.3, -0.25) is 14.5 Å². The largest absolute Gasteiger partial charge is 0.494 e. The normalized spacial score (nSPS) is 20.8. The molecule has 0 saturated carbocycles. The first-order valence-corrected chi connectivity index (χ1v) is 9.16. The zero-order chi connectivity index (χ0) is 21.4. The summed E-state index contributed by atoms with van der Waals surface area (Å²) in [5.41, 5.74) is 5.76. The summed E-state index contributed by atoms with van der Waals surface area (Å²) in [6.07, 6.45) is 1.53. The molecule has 2 heterocycles. The van der Waals surface area contributed by atoms with Gasteiger partial charge in [0.2, 0.25) is 5.91 Å². The van der Waals surface area contributed by atoms with E-state index in [0.717, 1.165) is 5.56 Å². The zero-order valence-electron chi connectivity index (χ0n) is 17.2. The molecule has 0 bridgehead atoms. The van der Waals surface area contributed by atoms with Crippen molar-refractivity contribution in [1.29, 1.82) is 0 Å². The first-order chi connectivity index (χ1) is 13.6. The summed E-state index contributed by atoms with van der Waals surface area (Å²) in [5, 5.41) is 2.83. The Labute approximate surface area is 169 Å². The van der Waals surface area contributed by atoms with Crippen LogP contribution in [0.5, 0.6) is 5.75 Å². The Balaban J connectivity index is 1.98. The maximum atomic E-state index is 12.8. The van der Waals surface area contributed by atoms with Gasteiger partial charge in [0, 0.05) is 18.9 Å². The number of anilines is 1. The third-order valence-corrected chi connectivity index (χ3v) is 5.63. The van der Waals surface area contributed by atoms with Crippen molar-refractivity contribution in [3.05, 3.63) is 53.9 Å². The van der Waals surface area contributed by atoms with Crippen LogP contribution in [-0.2, 0) is 10.3 Å². The van der Waals surface area contributed by atoms with E-state index in [1.807, 2.05) is 26.8 Å². The van der Waals surface area contributed by atoms with Gasteiger partial charge >= 0.3 is 0 Å². The maximum absolute atomic E-state index is 12.8. The first-order valence-electron chi connectivity index (χ1n) is 9.16. The van der Waals surface area contributed by atoms with Crippen molar-refractivity contribution in [2.75, 3.05) is 19.5 Å². The van der Waals surface area contributed by atoms with E-state index < -0.39 is 16.9 Å². The number of aromatic nitrogens is 1. The van der Waals surface area contributed by atoms with Crippen LogP contribution in [0.4, 0.5) is 5.69 Å². The Kier molecular flexibility index (Phi) is 5.04. The maximum Gasteiger partial charge on any atom is 0.278 e. The number of ether oxygens (including phenoxy) is 1. The average Bonchev–Trinajstić information content (AvgIpc) is 2.71. The molecule has 1 aliphatic heterocycles. The smallest absolute Gasteiger partial charge is 0.278 e. The Bertz CT molecular complexity index is 1000. The van der Waals surface area contributed by atoms with E-state index in [1.54, 1.807) is 37.4 Å². The summed E-state index contributed by atoms with van der Waals surface area (Å²) in [7, 11) is 3.09. The number of pyridine rings is 1. The minimum Gasteiger partial charge on any atom is -0.494 e. The summed E-state index contributed by atoms with van der Waals surface area (Å²) in [4.78, 5) is 35.6. The van der Waals surface area contributed by atoms with Gasteiger partial charge in [0.15, 0.2) is 11.7 Å². The highest BCUT2D eigenvalue weighted by Gasteiger charge is 2.52. The van der Waals surface area contributed by atoms with E-state index in [-0.39, 0.29) is 17.6 Å². The van der Waals surface area contributed by atoms with Gasteiger partial charge < -0.3 is 15.8 Å². The molecule has 1 atom stereocenters. The minimum absolute atomic E-state index is 0.125. The number of carbonyl (C=O) groups is 2. The number of carbonyl (C=O) groups excluding carboxylic acids is 2. The average molecular weight is 395 g/mol. The zero-order valence-corrected chi connectivity index (χ0v) is 17.2. The highest BCUT2D eigenvalue weighted by atomic mass is 16.5. The number of amides is 2. The Hall–Kier alpha value is -3.42. The molecule has 29 heavy (non-hydrogen) atoms.